The summed E-state index contributed by atoms with van der Waals surface area (Å²) < 4.78 is 0. The number of nitrogens with one attached hydrogen (secondary N) is 5. The van der Waals surface area contributed by atoms with Gasteiger partial charge in [0, 0.05) is 30.3 Å². The van der Waals surface area contributed by atoms with Crippen LogP contribution in [0.25, 0.3) is 11.0 Å². The molecule has 5 N–H and O–H groups in total. The maximum absolute atomic E-state index is 11.4. The minimum Gasteiger partial charge on any atom is -0.366 e. The molecule has 0 aliphatic rings. The number of carbonyl (C=O) groups excluding carboxylic acids is 1. The first-order valence-corrected chi connectivity index (χ1v) is 8.52. The number of hydrogen-bond acceptors (Lipinski definition) is 6. The van der Waals surface area contributed by atoms with E-state index >= 15 is 0 Å². The molecule has 3 rings (SSSR count). The number of fused-ring (bicyclic) bond motifs is 1. The average molecular weight is 375 g/mol. The molecule has 1 aromatic carbocycles. The molecule has 0 aliphatic carbocycles. The first kappa shape index (κ1) is 17.7. The van der Waals surface area contributed by atoms with Gasteiger partial charge in [0.1, 0.15) is 17.5 Å². The third-order valence-electron chi connectivity index (χ3n) is 3.49. The molecule has 26 heavy (non-hydrogen) atoms. The minimum absolute atomic E-state index is 0.201. The summed E-state index contributed by atoms with van der Waals surface area (Å²) in [6, 6.07) is 7.15. The summed E-state index contributed by atoms with van der Waals surface area (Å²) in [7, 11) is 0. The van der Waals surface area contributed by atoms with E-state index in [1.165, 1.54) is 6.33 Å². The lowest BCUT2D eigenvalue weighted by Gasteiger charge is -2.09. The minimum atomic E-state index is -0.201. The summed E-state index contributed by atoms with van der Waals surface area (Å²) in [5.74, 6) is 1.20. The van der Waals surface area contributed by atoms with Crippen LogP contribution in [-0.2, 0) is 0 Å². The van der Waals surface area contributed by atoms with Crippen LogP contribution in [-0.4, -0.2) is 45.8 Å². The Balaban J connectivity index is 1.72. The first-order valence-electron chi connectivity index (χ1n) is 8.14. The largest absolute Gasteiger partial charge is 0.366 e. The second-order valence-corrected chi connectivity index (χ2v) is 5.80. The van der Waals surface area contributed by atoms with E-state index in [0.717, 1.165) is 11.1 Å². The topological polar surface area (TPSA) is 120 Å². The van der Waals surface area contributed by atoms with E-state index in [-0.39, 0.29) is 6.03 Å². The van der Waals surface area contributed by atoms with Crippen LogP contribution in [0.15, 0.2) is 30.6 Å². The van der Waals surface area contributed by atoms with Crippen LogP contribution < -0.4 is 21.3 Å². The Labute approximate surface area is 154 Å². The zero-order valence-electron chi connectivity index (χ0n) is 14.1. The average Bonchev–Trinajstić information content (AvgIpc) is 3.03. The van der Waals surface area contributed by atoms with E-state index in [2.05, 4.69) is 41.4 Å². The fraction of sp³-hybridized carbons (Fsp3) is 0.250. The molecule has 10 heteroatoms. The number of benzene rings is 1. The van der Waals surface area contributed by atoms with Gasteiger partial charge in [-0.1, -0.05) is 17.7 Å². The van der Waals surface area contributed by atoms with E-state index in [0.29, 0.717) is 41.9 Å². The predicted octanol–water partition coefficient (Wildman–Crippen LogP) is 2.48. The summed E-state index contributed by atoms with van der Waals surface area (Å²) in [5.41, 5.74) is 1.41. The number of amides is 2. The zero-order chi connectivity index (χ0) is 18.4. The smallest absolute Gasteiger partial charge is 0.314 e. The number of urea groups is 1. The number of halogens is 1. The van der Waals surface area contributed by atoms with Crippen LogP contribution in [0.2, 0.25) is 5.02 Å². The van der Waals surface area contributed by atoms with E-state index in [4.69, 9.17) is 11.6 Å². The highest BCUT2D eigenvalue weighted by atomic mass is 35.5. The van der Waals surface area contributed by atoms with Gasteiger partial charge < -0.3 is 21.3 Å². The van der Waals surface area contributed by atoms with Gasteiger partial charge in [0.05, 0.1) is 0 Å². The van der Waals surface area contributed by atoms with Gasteiger partial charge in [-0.2, -0.15) is 5.10 Å². The second-order valence-electron chi connectivity index (χ2n) is 5.37. The monoisotopic (exact) mass is 374 g/mol. The standard InChI is InChI=1S/C16H19ClN8O/c1-2-18-16(26)20-7-6-19-14-12-13(21-9-22-15(12)25-24-14)23-11-5-3-4-10(17)8-11/h3-5,8-9H,2,6-7H2,1H3,(H2,18,20,26)(H3,19,21,22,23,24,25). The van der Waals surface area contributed by atoms with E-state index in [9.17, 15) is 4.79 Å². The Bertz CT molecular complexity index is 897. The third kappa shape index (κ3) is 4.31. The van der Waals surface area contributed by atoms with Crippen molar-refractivity contribution in [2.45, 2.75) is 6.92 Å². The molecule has 0 aliphatic heterocycles. The van der Waals surface area contributed by atoms with Crippen molar-refractivity contribution < 1.29 is 4.79 Å². The molecule has 0 fully saturated rings. The number of nitrogens with zero attached hydrogens (tertiary/aromatic N) is 3. The van der Waals surface area contributed by atoms with Crippen molar-refractivity contribution in [2.75, 3.05) is 30.3 Å². The number of rotatable bonds is 7. The summed E-state index contributed by atoms with van der Waals surface area (Å²) >= 11 is 6.03. The molecule has 0 unspecified atom stereocenters. The Morgan fingerprint density at radius 2 is 2.08 bits per heavy atom. The molecule has 0 radical (unpaired) electrons. The fourth-order valence-electron chi connectivity index (χ4n) is 2.37. The Hall–Kier alpha value is -3.07. The van der Waals surface area contributed by atoms with Crippen LogP contribution in [0.3, 0.4) is 0 Å². The van der Waals surface area contributed by atoms with E-state index in [1.54, 1.807) is 12.1 Å². The van der Waals surface area contributed by atoms with Crippen LogP contribution in [0.4, 0.5) is 22.1 Å². The zero-order valence-corrected chi connectivity index (χ0v) is 14.9. The number of anilines is 3. The van der Waals surface area contributed by atoms with Gasteiger partial charge in [-0.25, -0.2) is 14.8 Å². The molecule has 9 nitrogen and oxygen atoms in total. The lowest BCUT2D eigenvalue weighted by Crippen LogP contribution is -2.37. The molecule has 2 heterocycles. The number of aromatic nitrogens is 4. The van der Waals surface area contributed by atoms with Gasteiger partial charge in [-0.15, -0.1) is 0 Å². The molecular formula is C16H19ClN8O. The van der Waals surface area contributed by atoms with Crippen molar-refractivity contribution in [1.82, 2.24) is 30.8 Å². The predicted molar refractivity (Wildman–Crippen MR) is 102 cm³/mol. The van der Waals surface area contributed by atoms with Crippen LogP contribution >= 0.6 is 11.6 Å². The van der Waals surface area contributed by atoms with Crippen molar-refractivity contribution >= 4 is 46.0 Å². The van der Waals surface area contributed by atoms with Crippen molar-refractivity contribution in [3.63, 3.8) is 0 Å². The molecule has 3 aromatic rings. The normalized spacial score (nSPS) is 10.5. The quantitative estimate of drug-likeness (QED) is 0.405. The lowest BCUT2D eigenvalue weighted by molar-refractivity contribution is 0.242. The van der Waals surface area contributed by atoms with Crippen molar-refractivity contribution in [3.8, 4) is 0 Å². The Morgan fingerprint density at radius 3 is 2.88 bits per heavy atom. The molecule has 0 saturated heterocycles. The first-order chi connectivity index (χ1) is 12.7. The van der Waals surface area contributed by atoms with Gasteiger partial charge in [-0.05, 0) is 25.1 Å². The third-order valence-corrected chi connectivity index (χ3v) is 3.72. The molecular weight excluding hydrogens is 356 g/mol. The molecule has 136 valence electrons. The van der Waals surface area contributed by atoms with Gasteiger partial charge in [0.2, 0.25) is 0 Å². The molecule has 2 amide bonds. The SMILES string of the molecule is CCNC(=O)NCCNc1n[nH]c2ncnc(Nc3cccc(Cl)c3)c12. The van der Waals surface area contributed by atoms with Crippen molar-refractivity contribution in [2.24, 2.45) is 0 Å². The van der Waals surface area contributed by atoms with Crippen molar-refractivity contribution in [1.29, 1.82) is 0 Å². The summed E-state index contributed by atoms with van der Waals surface area (Å²) in [6.45, 7) is 3.40. The molecule has 0 bridgehead atoms. The summed E-state index contributed by atoms with van der Waals surface area (Å²) in [6.07, 6.45) is 1.45. The van der Waals surface area contributed by atoms with E-state index in [1.807, 2.05) is 19.1 Å². The molecule has 0 atom stereocenters. The maximum Gasteiger partial charge on any atom is 0.314 e. The number of H-pyrrole nitrogens is 1. The molecule has 2 aromatic heterocycles. The van der Waals surface area contributed by atoms with E-state index < -0.39 is 0 Å². The number of aromatic amines is 1. The van der Waals surface area contributed by atoms with Gasteiger partial charge in [-0.3, -0.25) is 5.10 Å². The van der Waals surface area contributed by atoms with Crippen LogP contribution in [0.5, 0.6) is 0 Å². The lowest BCUT2D eigenvalue weighted by atomic mass is 10.3. The highest BCUT2D eigenvalue weighted by Gasteiger charge is 2.13. The Morgan fingerprint density at radius 1 is 1.19 bits per heavy atom. The van der Waals surface area contributed by atoms with Crippen LogP contribution in [0, 0.1) is 0 Å². The second kappa shape index (κ2) is 8.34. The van der Waals surface area contributed by atoms with Crippen molar-refractivity contribution in [3.05, 3.63) is 35.6 Å². The number of carbonyl (C=O) groups is 1. The fourth-order valence-corrected chi connectivity index (χ4v) is 2.56. The summed E-state index contributed by atoms with van der Waals surface area (Å²) in [5, 5.41) is 20.3. The van der Waals surface area contributed by atoms with Gasteiger partial charge >= 0.3 is 6.03 Å². The Kier molecular flexibility index (Phi) is 5.69. The molecule has 0 spiro atoms. The number of hydrogen-bond donors (Lipinski definition) is 5. The van der Waals surface area contributed by atoms with Gasteiger partial charge in [0.15, 0.2) is 11.5 Å². The van der Waals surface area contributed by atoms with Crippen LogP contribution in [0.1, 0.15) is 6.92 Å². The highest BCUT2D eigenvalue weighted by molar-refractivity contribution is 6.30. The van der Waals surface area contributed by atoms with Gasteiger partial charge in [0.25, 0.3) is 0 Å². The summed E-state index contributed by atoms with van der Waals surface area (Å²) in [4.78, 5) is 19.9. The maximum atomic E-state index is 11.4. The molecule has 0 saturated carbocycles. The highest BCUT2D eigenvalue weighted by Crippen LogP contribution is 2.28.